The third-order valence-electron chi connectivity index (χ3n) is 3.73. The van der Waals surface area contributed by atoms with E-state index in [9.17, 15) is 4.79 Å². The van der Waals surface area contributed by atoms with E-state index in [1.807, 2.05) is 32.2 Å². The van der Waals surface area contributed by atoms with E-state index in [2.05, 4.69) is 51.8 Å². The lowest BCUT2D eigenvalue weighted by molar-refractivity contribution is -0.120. The van der Waals surface area contributed by atoms with Gasteiger partial charge in [-0.25, -0.2) is 0 Å². The molecule has 1 atom stereocenters. The van der Waals surface area contributed by atoms with Gasteiger partial charge < -0.3 is 4.90 Å². The van der Waals surface area contributed by atoms with Crippen LogP contribution in [0, 0.1) is 0 Å². The van der Waals surface area contributed by atoms with Crippen molar-refractivity contribution in [3.05, 3.63) is 38.8 Å². The SMILES string of the molecule is CC(C)c1cccc2c1N(C)C(=O)C2(C)C=C(Br)Br. The number of hydrogen-bond donors (Lipinski definition) is 0. The van der Waals surface area contributed by atoms with E-state index in [-0.39, 0.29) is 5.91 Å². The zero-order valence-electron chi connectivity index (χ0n) is 11.5. The van der Waals surface area contributed by atoms with Gasteiger partial charge in [0.25, 0.3) is 0 Å². The maximum Gasteiger partial charge on any atom is 0.241 e. The fourth-order valence-corrected chi connectivity index (χ4v) is 3.66. The third-order valence-corrected chi connectivity index (χ3v) is 4.19. The van der Waals surface area contributed by atoms with Crippen molar-refractivity contribution in [2.24, 2.45) is 0 Å². The first-order valence-corrected chi connectivity index (χ1v) is 7.83. The maximum atomic E-state index is 12.6. The quantitative estimate of drug-likeness (QED) is 0.722. The molecule has 4 heteroatoms. The van der Waals surface area contributed by atoms with Crippen LogP contribution in [-0.2, 0) is 10.2 Å². The number of likely N-dealkylation sites (N-methyl/N-ethyl adjacent to an activating group) is 1. The molecule has 1 aromatic rings. The second-order valence-corrected chi connectivity index (χ2v) is 8.17. The second kappa shape index (κ2) is 5.06. The van der Waals surface area contributed by atoms with Gasteiger partial charge in [-0.3, -0.25) is 4.79 Å². The van der Waals surface area contributed by atoms with Crippen LogP contribution >= 0.6 is 31.9 Å². The Morgan fingerprint density at radius 1 is 1.37 bits per heavy atom. The minimum atomic E-state index is -0.614. The van der Waals surface area contributed by atoms with Crippen LogP contribution in [0.3, 0.4) is 0 Å². The number of benzene rings is 1. The number of anilines is 1. The highest BCUT2D eigenvalue weighted by Gasteiger charge is 2.45. The molecule has 2 nitrogen and oxygen atoms in total. The highest BCUT2D eigenvalue weighted by Crippen LogP contribution is 2.46. The fourth-order valence-electron chi connectivity index (χ4n) is 2.74. The van der Waals surface area contributed by atoms with Crippen LogP contribution in [0.4, 0.5) is 5.69 Å². The Bertz CT molecular complexity index is 561. The van der Waals surface area contributed by atoms with Crippen LogP contribution in [0.2, 0.25) is 0 Å². The summed E-state index contributed by atoms with van der Waals surface area (Å²) in [5.41, 5.74) is 2.73. The first-order chi connectivity index (χ1) is 8.79. The summed E-state index contributed by atoms with van der Waals surface area (Å²) in [5, 5.41) is 0. The maximum absolute atomic E-state index is 12.6. The number of carbonyl (C=O) groups excluding carboxylic acids is 1. The summed E-state index contributed by atoms with van der Waals surface area (Å²) >= 11 is 6.75. The predicted octanol–water partition coefficient (Wildman–Crippen LogP) is 4.68. The zero-order valence-corrected chi connectivity index (χ0v) is 14.7. The number of nitrogens with zero attached hydrogens (tertiary/aromatic N) is 1. The van der Waals surface area contributed by atoms with Crippen LogP contribution < -0.4 is 4.90 Å². The molecule has 0 fully saturated rings. The minimum absolute atomic E-state index is 0.104. The van der Waals surface area contributed by atoms with Crippen LogP contribution in [0.15, 0.2) is 27.7 Å². The predicted molar refractivity (Wildman–Crippen MR) is 87.2 cm³/mol. The number of para-hydroxylation sites is 1. The molecule has 0 saturated carbocycles. The van der Waals surface area contributed by atoms with Gasteiger partial charge in [-0.2, -0.15) is 0 Å². The van der Waals surface area contributed by atoms with Gasteiger partial charge in [0.15, 0.2) is 0 Å². The molecular formula is C15H17Br2NO. The molecule has 1 amide bonds. The topological polar surface area (TPSA) is 20.3 Å². The fraction of sp³-hybridized carbons (Fsp3) is 0.400. The van der Waals surface area contributed by atoms with Crippen LogP contribution in [-0.4, -0.2) is 13.0 Å². The highest BCUT2D eigenvalue weighted by atomic mass is 79.9. The van der Waals surface area contributed by atoms with Gasteiger partial charge in [0.2, 0.25) is 5.91 Å². The Kier molecular flexibility index (Phi) is 3.94. The van der Waals surface area contributed by atoms with Crippen molar-refractivity contribution in [2.75, 3.05) is 11.9 Å². The molecule has 0 aromatic heterocycles. The van der Waals surface area contributed by atoms with E-state index in [1.165, 1.54) is 5.56 Å². The van der Waals surface area contributed by atoms with Crippen LogP contribution in [0.25, 0.3) is 0 Å². The van der Waals surface area contributed by atoms with Gasteiger partial charge in [0, 0.05) is 7.05 Å². The summed E-state index contributed by atoms with van der Waals surface area (Å²) in [6, 6.07) is 6.18. The molecule has 0 aliphatic carbocycles. The molecule has 1 aromatic carbocycles. The average Bonchev–Trinajstić information content (AvgIpc) is 2.51. The molecule has 1 aliphatic rings. The number of amides is 1. The van der Waals surface area contributed by atoms with E-state index in [0.29, 0.717) is 5.92 Å². The summed E-state index contributed by atoms with van der Waals surface area (Å²) in [6.07, 6.45) is 1.92. The molecule has 0 N–H and O–H groups in total. The standard InChI is InChI=1S/C15H17Br2NO/c1-9(2)10-6-5-7-11-13(10)18(4)14(19)15(11,3)8-12(16)17/h5-9H,1-4H3. The van der Waals surface area contributed by atoms with Crippen molar-refractivity contribution in [1.82, 2.24) is 0 Å². The summed E-state index contributed by atoms with van der Waals surface area (Å²) in [5.74, 6) is 0.496. The Morgan fingerprint density at radius 3 is 2.53 bits per heavy atom. The summed E-state index contributed by atoms with van der Waals surface area (Å²) in [4.78, 5) is 14.4. The molecule has 19 heavy (non-hydrogen) atoms. The van der Waals surface area contributed by atoms with E-state index in [1.54, 1.807) is 4.90 Å². The van der Waals surface area contributed by atoms with Crippen molar-refractivity contribution >= 4 is 43.5 Å². The largest absolute Gasteiger partial charge is 0.314 e. The number of rotatable bonds is 2. The highest BCUT2D eigenvalue weighted by molar-refractivity contribution is 9.28. The Balaban J connectivity index is 2.73. The normalized spacial score (nSPS) is 21.8. The molecule has 0 saturated heterocycles. The monoisotopic (exact) mass is 385 g/mol. The Hall–Kier alpha value is -0.610. The van der Waals surface area contributed by atoms with Gasteiger partial charge in [-0.05, 0) is 61.9 Å². The summed E-state index contributed by atoms with van der Waals surface area (Å²) in [6.45, 7) is 6.27. The number of hydrogen-bond acceptors (Lipinski definition) is 1. The number of carbonyl (C=O) groups is 1. The average molecular weight is 387 g/mol. The van der Waals surface area contributed by atoms with E-state index in [0.717, 1.165) is 14.6 Å². The lowest BCUT2D eigenvalue weighted by Gasteiger charge is -2.18. The summed E-state index contributed by atoms with van der Waals surface area (Å²) < 4.78 is 0.798. The van der Waals surface area contributed by atoms with E-state index >= 15 is 0 Å². The van der Waals surface area contributed by atoms with Gasteiger partial charge in [-0.15, -0.1) is 0 Å². The van der Waals surface area contributed by atoms with Crippen molar-refractivity contribution in [3.63, 3.8) is 0 Å². The second-order valence-electron chi connectivity index (χ2n) is 5.40. The smallest absolute Gasteiger partial charge is 0.241 e. The molecule has 1 unspecified atom stereocenters. The van der Waals surface area contributed by atoms with Crippen molar-refractivity contribution in [2.45, 2.75) is 32.1 Å². The lowest BCUT2D eigenvalue weighted by Crippen LogP contribution is -2.34. The first kappa shape index (κ1) is 14.8. The van der Waals surface area contributed by atoms with Gasteiger partial charge in [-0.1, -0.05) is 32.0 Å². The van der Waals surface area contributed by atoms with Crippen molar-refractivity contribution in [1.29, 1.82) is 0 Å². The van der Waals surface area contributed by atoms with Crippen LogP contribution in [0.5, 0.6) is 0 Å². The number of fused-ring (bicyclic) bond motifs is 1. The molecule has 0 spiro atoms. The first-order valence-electron chi connectivity index (χ1n) is 6.24. The van der Waals surface area contributed by atoms with E-state index < -0.39 is 5.41 Å². The summed E-state index contributed by atoms with van der Waals surface area (Å²) in [7, 11) is 1.86. The van der Waals surface area contributed by atoms with Crippen molar-refractivity contribution in [3.8, 4) is 0 Å². The minimum Gasteiger partial charge on any atom is -0.314 e. The van der Waals surface area contributed by atoms with Gasteiger partial charge >= 0.3 is 0 Å². The van der Waals surface area contributed by atoms with Crippen molar-refractivity contribution < 1.29 is 4.79 Å². The molecular weight excluding hydrogens is 370 g/mol. The van der Waals surface area contributed by atoms with Gasteiger partial charge in [0.1, 0.15) is 0 Å². The lowest BCUT2D eigenvalue weighted by atomic mass is 9.82. The number of halogens is 2. The zero-order chi connectivity index (χ0) is 14.4. The molecule has 102 valence electrons. The molecule has 1 aliphatic heterocycles. The van der Waals surface area contributed by atoms with Crippen LogP contribution in [0.1, 0.15) is 37.8 Å². The Morgan fingerprint density at radius 2 is 2.00 bits per heavy atom. The van der Waals surface area contributed by atoms with E-state index in [4.69, 9.17) is 0 Å². The van der Waals surface area contributed by atoms with Gasteiger partial charge in [0.05, 0.1) is 14.5 Å². The molecule has 2 rings (SSSR count). The Labute approximate surface area is 131 Å². The third kappa shape index (κ3) is 2.29. The molecule has 1 heterocycles. The molecule has 0 radical (unpaired) electrons. The molecule has 0 bridgehead atoms.